The molecule has 1 unspecified atom stereocenters. The Balaban J connectivity index is 1.23. The molecule has 40 heavy (non-hydrogen) atoms. The summed E-state index contributed by atoms with van der Waals surface area (Å²) < 4.78 is 36.3. The Morgan fingerprint density at radius 1 is 1.02 bits per heavy atom. The lowest BCUT2D eigenvalue weighted by molar-refractivity contribution is -0.137. The molecule has 8 heteroatoms. The standard InChI is InChI=1S/C32H34F2INO4/c1-39-26-11-12-28(22-7-9-25(10-8-22)32(33,34)35)30(18-26)36-15-13-21(14-16-36)20-40-27-4-2-3-24(17-27)29(19-31(37)38)23-5-6-23/h2-4,7-12,17-18,21,23,29H,5-6,13-16,19-20H2,1H3,(H,37,38). The summed E-state index contributed by atoms with van der Waals surface area (Å²) in [6.45, 7) is 2.31. The van der Waals surface area contributed by atoms with Crippen LogP contribution < -0.4 is 14.4 Å². The Bertz CT molecular complexity index is 1320. The van der Waals surface area contributed by atoms with Crippen LogP contribution in [0.25, 0.3) is 11.1 Å². The Morgan fingerprint density at radius 3 is 2.38 bits per heavy atom. The average molecular weight is 662 g/mol. The summed E-state index contributed by atoms with van der Waals surface area (Å²) in [6, 6.07) is 20.3. The minimum atomic E-state index is -2.90. The highest BCUT2D eigenvalue weighted by molar-refractivity contribution is 14.1. The molecule has 0 aromatic heterocycles. The van der Waals surface area contributed by atoms with Crippen molar-refractivity contribution >= 4 is 34.2 Å². The zero-order valence-electron chi connectivity index (χ0n) is 22.5. The molecule has 1 atom stereocenters. The quantitative estimate of drug-likeness (QED) is 0.166. The Labute approximate surface area is 247 Å². The molecule has 212 valence electrons. The average Bonchev–Trinajstić information content (AvgIpc) is 3.80. The van der Waals surface area contributed by atoms with E-state index in [1.54, 1.807) is 19.2 Å². The number of rotatable bonds is 11. The summed E-state index contributed by atoms with van der Waals surface area (Å²) in [6.07, 6.45) is 4.26. The van der Waals surface area contributed by atoms with Crippen LogP contribution in [0.4, 0.5) is 14.5 Å². The zero-order valence-corrected chi connectivity index (χ0v) is 24.7. The van der Waals surface area contributed by atoms with Crippen LogP contribution in [0.15, 0.2) is 66.7 Å². The number of anilines is 1. The second-order valence-electron chi connectivity index (χ2n) is 10.8. The molecule has 1 aliphatic carbocycles. The van der Waals surface area contributed by atoms with Crippen molar-refractivity contribution in [1.82, 2.24) is 0 Å². The van der Waals surface area contributed by atoms with Crippen LogP contribution in [-0.2, 0) is 8.72 Å². The molecule has 5 nitrogen and oxygen atoms in total. The minimum absolute atomic E-state index is 0.0109. The summed E-state index contributed by atoms with van der Waals surface area (Å²) >= 11 is 1.16. The Morgan fingerprint density at radius 2 is 1.75 bits per heavy atom. The highest BCUT2D eigenvalue weighted by Crippen LogP contribution is 2.45. The normalized spacial score (nSPS) is 16.9. The molecule has 3 aromatic rings. The molecule has 0 radical (unpaired) electrons. The van der Waals surface area contributed by atoms with Crippen LogP contribution >= 0.6 is 22.6 Å². The van der Waals surface area contributed by atoms with Crippen LogP contribution in [0.5, 0.6) is 11.5 Å². The van der Waals surface area contributed by atoms with Crippen LogP contribution in [0.3, 0.4) is 0 Å². The maximum Gasteiger partial charge on any atom is 0.321 e. The van der Waals surface area contributed by atoms with Gasteiger partial charge in [-0.1, -0.05) is 36.4 Å². The molecular formula is C32H34F2INO4. The van der Waals surface area contributed by atoms with E-state index in [0.29, 0.717) is 18.4 Å². The lowest BCUT2D eigenvalue weighted by Crippen LogP contribution is -2.35. The van der Waals surface area contributed by atoms with Gasteiger partial charge in [0.2, 0.25) is 0 Å². The molecular weight excluding hydrogens is 627 g/mol. The molecule has 0 amide bonds. The number of ether oxygens (including phenoxy) is 2. The van der Waals surface area contributed by atoms with Gasteiger partial charge in [0.25, 0.3) is 0 Å². The first kappa shape index (κ1) is 28.6. The number of alkyl halides is 3. The summed E-state index contributed by atoms with van der Waals surface area (Å²) in [4.78, 5) is 13.7. The maximum atomic E-state index is 13.7. The number of aliphatic carboxylic acids is 1. The van der Waals surface area contributed by atoms with Crippen LogP contribution in [0, 0.1) is 11.8 Å². The first-order valence-electron chi connectivity index (χ1n) is 13.8. The number of methoxy groups -OCH3 is 1. The monoisotopic (exact) mass is 661 g/mol. The molecule has 1 aliphatic heterocycles. The number of nitrogens with zero attached hydrogens (tertiary/aromatic N) is 1. The van der Waals surface area contributed by atoms with Crippen molar-refractivity contribution in [2.75, 3.05) is 31.7 Å². The first-order chi connectivity index (χ1) is 19.2. The highest BCUT2D eigenvalue weighted by Gasteiger charge is 2.34. The van der Waals surface area contributed by atoms with Crippen LogP contribution in [0.1, 0.15) is 49.1 Å². The number of hydrogen-bond acceptors (Lipinski definition) is 4. The van der Waals surface area contributed by atoms with E-state index in [2.05, 4.69) is 4.90 Å². The van der Waals surface area contributed by atoms with E-state index < -0.39 is 9.90 Å². The Kier molecular flexibility index (Phi) is 8.83. The van der Waals surface area contributed by atoms with Crippen molar-refractivity contribution in [2.24, 2.45) is 11.8 Å². The van der Waals surface area contributed by atoms with Gasteiger partial charge in [0.1, 0.15) is 11.5 Å². The van der Waals surface area contributed by atoms with E-state index >= 15 is 0 Å². The molecule has 1 saturated carbocycles. The second-order valence-corrected chi connectivity index (χ2v) is 12.2. The fourth-order valence-corrected chi connectivity index (χ4v) is 5.98. The van der Waals surface area contributed by atoms with Gasteiger partial charge in [0.05, 0.1) is 20.1 Å². The molecule has 3 aromatic carbocycles. The molecule has 5 rings (SSSR count). The van der Waals surface area contributed by atoms with Gasteiger partial charge in [-0.2, -0.15) is 8.78 Å². The number of carboxylic acids is 1. The summed E-state index contributed by atoms with van der Waals surface area (Å²) in [5.41, 5.74) is 3.95. The number of hydrogen-bond donors (Lipinski definition) is 1. The molecule has 0 bridgehead atoms. The van der Waals surface area contributed by atoms with E-state index in [-0.39, 0.29) is 17.9 Å². The van der Waals surface area contributed by atoms with Gasteiger partial charge in [0, 0.05) is 58.6 Å². The maximum absolute atomic E-state index is 13.7. The van der Waals surface area contributed by atoms with Gasteiger partial charge in [-0.15, -0.1) is 0 Å². The largest absolute Gasteiger partial charge is 0.497 e. The number of carbonyl (C=O) groups is 1. The first-order valence-corrected chi connectivity index (χ1v) is 14.8. The number of halogens is 3. The molecule has 1 N–H and O–H groups in total. The molecule has 1 saturated heterocycles. The van der Waals surface area contributed by atoms with Gasteiger partial charge in [0.15, 0.2) is 0 Å². The van der Waals surface area contributed by atoms with E-state index in [4.69, 9.17) is 9.47 Å². The van der Waals surface area contributed by atoms with E-state index in [9.17, 15) is 18.7 Å². The second kappa shape index (κ2) is 12.3. The Hall–Kier alpha value is -2.88. The van der Waals surface area contributed by atoms with Gasteiger partial charge in [-0.05, 0) is 78.8 Å². The number of carboxylic acid groups (broad SMARTS) is 1. The van der Waals surface area contributed by atoms with Gasteiger partial charge in [-0.3, -0.25) is 4.79 Å². The van der Waals surface area contributed by atoms with E-state index in [0.717, 1.165) is 95.2 Å². The molecule has 2 fully saturated rings. The van der Waals surface area contributed by atoms with E-state index in [1.807, 2.05) is 42.5 Å². The molecule has 0 spiro atoms. The molecule has 1 heterocycles. The smallest absolute Gasteiger partial charge is 0.321 e. The van der Waals surface area contributed by atoms with Crippen LogP contribution in [0.2, 0.25) is 0 Å². The topological polar surface area (TPSA) is 59.0 Å². The SMILES string of the molecule is COc1ccc(-c2ccc(C(F)(F)I)cc2)c(N2CCC(COc3cccc(C(CC(=O)O)C4CC4)c3)CC2)c1. The summed E-state index contributed by atoms with van der Waals surface area (Å²) in [7, 11) is 1.64. The van der Waals surface area contributed by atoms with Crippen molar-refractivity contribution in [2.45, 2.75) is 42.0 Å². The summed E-state index contributed by atoms with van der Waals surface area (Å²) in [5, 5.41) is 9.35. The van der Waals surface area contributed by atoms with E-state index in [1.165, 1.54) is 12.1 Å². The van der Waals surface area contributed by atoms with Crippen molar-refractivity contribution in [3.8, 4) is 22.6 Å². The number of piperidine rings is 1. The minimum Gasteiger partial charge on any atom is -0.497 e. The molecule has 2 aliphatic rings. The van der Waals surface area contributed by atoms with Crippen molar-refractivity contribution < 1.29 is 28.2 Å². The van der Waals surface area contributed by atoms with Gasteiger partial charge < -0.3 is 19.5 Å². The third-order valence-corrected chi connectivity index (χ3v) is 8.66. The lowest BCUT2D eigenvalue weighted by atomic mass is 9.91. The third kappa shape index (κ3) is 7.06. The number of benzene rings is 3. The third-order valence-electron chi connectivity index (χ3n) is 8.04. The van der Waals surface area contributed by atoms with Crippen molar-refractivity contribution in [3.05, 3.63) is 77.9 Å². The van der Waals surface area contributed by atoms with Gasteiger partial charge in [-0.25, -0.2) is 0 Å². The fourth-order valence-electron chi connectivity index (χ4n) is 5.62. The predicted octanol–water partition coefficient (Wildman–Crippen LogP) is 8.11. The van der Waals surface area contributed by atoms with Crippen molar-refractivity contribution in [1.29, 1.82) is 0 Å². The van der Waals surface area contributed by atoms with Gasteiger partial charge >= 0.3 is 9.90 Å². The fraction of sp³-hybridized carbons (Fsp3) is 0.406. The lowest BCUT2D eigenvalue weighted by Gasteiger charge is -2.35. The summed E-state index contributed by atoms with van der Waals surface area (Å²) in [5.74, 6) is 1.71. The zero-order chi connectivity index (χ0) is 28.3. The predicted molar refractivity (Wildman–Crippen MR) is 161 cm³/mol. The van der Waals surface area contributed by atoms with Crippen molar-refractivity contribution in [3.63, 3.8) is 0 Å². The van der Waals surface area contributed by atoms with Crippen LogP contribution in [-0.4, -0.2) is 37.9 Å². The highest BCUT2D eigenvalue weighted by atomic mass is 127.